The van der Waals surface area contributed by atoms with Gasteiger partial charge in [0.25, 0.3) is 11.6 Å². The van der Waals surface area contributed by atoms with Crippen LogP contribution in [0.25, 0.3) is 17.4 Å². The number of carbonyl (C=O) groups is 1. The van der Waals surface area contributed by atoms with Gasteiger partial charge in [-0.2, -0.15) is 4.99 Å². The number of nitro groups is 1. The number of likely N-dealkylation sites (N-methyl/N-ethyl adjacent to an activating group) is 1. The van der Waals surface area contributed by atoms with E-state index >= 15 is 0 Å². The minimum atomic E-state index is -0.429. The van der Waals surface area contributed by atoms with Crippen LogP contribution in [0.4, 0.5) is 10.8 Å². The number of aryl methyl sites for hydroxylation is 2. The van der Waals surface area contributed by atoms with Crippen LogP contribution in [0.3, 0.4) is 0 Å². The zero-order chi connectivity index (χ0) is 22.1. The molecule has 0 saturated carbocycles. The third kappa shape index (κ3) is 4.30. The van der Waals surface area contributed by atoms with Crippen molar-refractivity contribution in [3.05, 3.63) is 67.7 Å². The lowest BCUT2D eigenvalue weighted by atomic mass is 10.1. The number of carbonyl (C=O) groups excluding carboxylic acids is 1. The van der Waals surface area contributed by atoms with Crippen LogP contribution in [0.2, 0.25) is 0 Å². The summed E-state index contributed by atoms with van der Waals surface area (Å²) in [5, 5.41) is 14.5. The average Bonchev–Trinajstić information content (AvgIpc) is 3.43. The van der Waals surface area contributed by atoms with E-state index in [1.54, 1.807) is 42.2 Å². The molecule has 0 spiro atoms. The largest absolute Gasteiger partial charge is 0.456 e. The smallest absolute Gasteiger partial charge is 0.280 e. The highest BCUT2D eigenvalue weighted by Gasteiger charge is 2.33. The normalized spacial score (nSPS) is 16.6. The Morgan fingerprint density at radius 2 is 2.10 bits per heavy atom. The molecular weight excluding hydrogens is 436 g/mol. The van der Waals surface area contributed by atoms with Crippen LogP contribution >= 0.6 is 23.1 Å². The van der Waals surface area contributed by atoms with Crippen molar-refractivity contribution in [2.24, 2.45) is 4.99 Å². The lowest BCUT2D eigenvalue weighted by Crippen LogP contribution is -2.28. The number of aliphatic imine (C=N–C) groups is 1. The van der Waals surface area contributed by atoms with E-state index in [4.69, 9.17) is 4.42 Å². The van der Waals surface area contributed by atoms with Crippen molar-refractivity contribution in [3.63, 3.8) is 0 Å². The van der Waals surface area contributed by atoms with Crippen LogP contribution in [0, 0.1) is 24.0 Å². The molecule has 3 heterocycles. The number of aromatic nitrogens is 1. The predicted octanol–water partition coefficient (Wildman–Crippen LogP) is 5.55. The quantitative estimate of drug-likeness (QED) is 0.284. The van der Waals surface area contributed by atoms with Crippen molar-refractivity contribution in [1.29, 1.82) is 0 Å². The molecule has 10 heteroatoms. The number of thioether (sulfide) groups is 1. The van der Waals surface area contributed by atoms with Gasteiger partial charge < -0.3 is 4.42 Å². The summed E-state index contributed by atoms with van der Waals surface area (Å²) in [6.07, 6.45) is 1.63. The van der Waals surface area contributed by atoms with Crippen molar-refractivity contribution in [1.82, 2.24) is 9.88 Å². The molecule has 1 aliphatic heterocycles. The molecule has 0 atom stereocenters. The molecule has 1 aliphatic rings. The Hall–Kier alpha value is -3.24. The van der Waals surface area contributed by atoms with E-state index in [2.05, 4.69) is 9.98 Å². The second-order valence-corrected chi connectivity index (χ2v) is 8.65. The Kier molecular flexibility index (Phi) is 5.75. The van der Waals surface area contributed by atoms with Crippen LogP contribution in [0.5, 0.6) is 0 Å². The standard InChI is InChI=1S/C21H18N4O4S2/c1-4-24-19(26)18(31-21(24)23-20-22-13(3)11-30-20)10-14-6-8-17(29-14)15-7-5-12(2)9-16(15)25(27)28/h5-11H,4H2,1-3H3/b18-10+,23-21+. The van der Waals surface area contributed by atoms with Gasteiger partial charge in [0.15, 0.2) is 5.17 Å². The summed E-state index contributed by atoms with van der Waals surface area (Å²) < 4.78 is 5.82. The number of amides is 1. The first-order chi connectivity index (χ1) is 14.9. The highest BCUT2D eigenvalue weighted by molar-refractivity contribution is 8.18. The highest BCUT2D eigenvalue weighted by atomic mass is 32.2. The number of thiazole rings is 1. The molecule has 0 unspecified atom stereocenters. The SMILES string of the molecule is CCN1C(=O)/C(=C\c2ccc(-c3ccc(C)cc3[N+](=O)[O-])o2)S/C1=N/c1nc(C)cs1. The molecule has 1 aromatic carbocycles. The molecule has 0 bridgehead atoms. The molecule has 31 heavy (non-hydrogen) atoms. The Labute approximate surface area is 186 Å². The molecule has 0 N–H and O–H groups in total. The van der Waals surface area contributed by atoms with Crippen LogP contribution in [0.15, 0.2) is 50.0 Å². The molecule has 1 fully saturated rings. The molecule has 1 amide bonds. The van der Waals surface area contributed by atoms with Gasteiger partial charge in [0.05, 0.1) is 21.1 Å². The number of hydrogen-bond donors (Lipinski definition) is 0. The van der Waals surface area contributed by atoms with Gasteiger partial charge in [-0.1, -0.05) is 6.07 Å². The molecular formula is C21H18N4O4S2. The number of nitrogens with zero attached hydrogens (tertiary/aromatic N) is 4. The van der Waals surface area contributed by atoms with Crippen molar-refractivity contribution < 1.29 is 14.1 Å². The fourth-order valence-electron chi connectivity index (χ4n) is 3.05. The summed E-state index contributed by atoms with van der Waals surface area (Å²) in [5.41, 5.74) is 2.04. The first-order valence-corrected chi connectivity index (χ1v) is 11.1. The molecule has 4 rings (SSSR count). The van der Waals surface area contributed by atoms with Crippen LogP contribution in [0.1, 0.15) is 23.9 Å². The van der Waals surface area contributed by atoms with Gasteiger partial charge in [-0.05, 0) is 56.3 Å². The van der Waals surface area contributed by atoms with E-state index in [9.17, 15) is 14.9 Å². The fourth-order valence-corrected chi connectivity index (χ4v) is 4.80. The molecule has 158 valence electrons. The van der Waals surface area contributed by atoms with Crippen LogP contribution < -0.4 is 0 Å². The maximum atomic E-state index is 12.8. The monoisotopic (exact) mass is 454 g/mol. The summed E-state index contributed by atoms with van der Waals surface area (Å²) >= 11 is 2.67. The molecule has 1 saturated heterocycles. The summed E-state index contributed by atoms with van der Waals surface area (Å²) in [6, 6.07) is 8.32. The lowest BCUT2D eigenvalue weighted by molar-refractivity contribution is -0.384. The molecule has 0 radical (unpaired) electrons. The van der Waals surface area contributed by atoms with Crippen LogP contribution in [-0.2, 0) is 4.79 Å². The first kappa shape index (κ1) is 21.0. The summed E-state index contributed by atoms with van der Waals surface area (Å²) in [7, 11) is 0. The van der Waals surface area contributed by atoms with E-state index in [0.717, 1.165) is 11.3 Å². The highest BCUT2D eigenvalue weighted by Crippen LogP contribution is 2.36. The van der Waals surface area contributed by atoms with Crippen molar-refractivity contribution in [2.45, 2.75) is 20.8 Å². The third-order valence-corrected chi connectivity index (χ3v) is 6.38. The van der Waals surface area contributed by atoms with Gasteiger partial charge in [-0.15, -0.1) is 11.3 Å². The van der Waals surface area contributed by atoms with Gasteiger partial charge in [0, 0.05) is 24.1 Å². The maximum Gasteiger partial charge on any atom is 0.280 e. The number of nitro benzene ring substituents is 1. The van der Waals surface area contributed by atoms with Crippen molar-refractivity contribution in [3.8, 4) is 11.3 Å². The second-order valence-electron chi connectivity index (χ2n) is 6.81. The van der Waals surface area contributed by atoms with Gasteiger partial charge in [-0.3, -0.25) is 19.8 Å². The lowest BCUT2D eigenvalue weighted by Gasteiger charge is -2.11. The molecule has 0 aliphatic carbocycles. The Bertz CT molecular complexity index is 1240. The average molecular weight is 455 g/mol. The molecule has 8 nitrogen and oxygen atoms in total. The number of furan rings is 1. The van der Waals surface area contributed by atoms with Gasteiger partial charge >= 0.3 is 0 Å². The summed E-state index contributed by atoms with van der Waals surface area (Å²) in [5.74, 6) is 0.635. The Morgan fingerprint density at radius 3 is 2.77 bits per heavy atom. The Morgan fingerprint density at radius 1 is 1.29 bits per heavy atom. The summed E-state index contributed by atoms with van der Waals surface area (Å²) in [6.45, 7) is 6.04. The molecule has 3 aromatic rings. The zero-order valence-electron chi connectivity index (χ0n) is 17.0. The predicted molar refractivity (Wildman–Crippen MR) is 122 cm³/mol. The van der Waals surface area contributed by atoms with Crippen LogP contribution in [-0.4, -0.2) is 32.4 Å². The number of rotatable bonds is 5. The van der Waals surface area contributed by atoms with Gasteiger partial charge in [0.2, 0.25) is 5.13 Å². The number of amidine groups is 1. The summed E-state index contributed by atoms with van der Waals surface area (Å²) in [4.78, 5) is 34.7. The maximum absolute atomic E-state index is 12.8. The number of hydrogen-bond acceptors (Lipinski definition) is 8. The van der Waals surface area contributed by atoms with Crippen molar-refractivity contribution >= 4 is 51.1 Å². The Balaban J connectivity index is 1.64. The fraction of sp³-hybridized carbons (Fsp3) is 0.190. The second kappa shape index (κ2) is 8.48. The third-order valence-electron chi connectivity index (χ3n) is 4.52. The minimum absolute atomic E-state index is 0.0230. The van der Waals surface area contributed by atoms with E-state index in [0.29, 0.717) is 38.8 Å². The van der Waals surface area contributed by atoms with E-state index in [1.807, 2.05) is 19.2 Å². The first-order valence-electron chi connectivity index (χ1n) is 9.43. The zero-order valence-corrected chi connectivity index (χ0v) is 18.6. The minimum Gasteiger partial charge on any atom is -0.456 e. The van der Waals surface area contributed by atoms with Crippen molar-refractivity contribution in [2.75, 3.05) is 6.54 Å². The van der Waals surface area contributed by atoms with E-state index < -0.39 is 4.92 Å². The van der Waals surface area contributed by atoms with Gasteiger partial charge in [-0.25, -0.2) is 4.98 Å². The molecule has 2 aromatic heterocycles. The van der Waals surface area contributed by atoms with Gasteiger partial charge in [0.1, 0.15) is 11.5 Å². The number of benzene rings is 1. The van der Waals surface area contributed by atoms with E-state index in [1.165, 1.54) is 29.2 Å². The van der Waals surface area contributed by atoms with E-state index in [-0.39, 0.29) is 11.6 Å². The topological polar surface area (TPSA) is 102 Å².